The number of aromatic nitrogens is 6. The first-order valence-electron chi connectivity index (χ1n) is 15.4. The van der Waals surface area contributed by atoms with Gasteiger partial charge in [-0.15, -0.1) is 0 Å². The van der Waals surface area contributed by atoms with Crippen molar-refractivity contribution in [3.8, 4) is 11.4 Å². The fourth-order valence-electron chi connectivity index (χ4n) is 5.65. The van der Waals surface area contributed by atoms with Gasteiger partial charge >= 0.3 is 181 Å². The van der Waals surface area contributed by atoms with E-state index in [1.165, 1.54) is 5.69 Å². The Morgan fingerprint density at radius 2 is 1.53 bits per heavy atom. The van der Waals surface area contributed by atoms with Gasteiger partial charge in [0, 0.05) is 5.69 Å². The van der Waals surface area contributed by atoms with Crippen LogP contribution < -0.4 is 41.7 Å². The van der Waals surface area contributed by atoms with Gasteiger partial charge in [-0.1, -0.05) is 6.92 Å². The van der Waals surface area contributed by atoms with E-state index < -0.39 is 25.3 Å². The number of halogens is 1. The zero-order valence-electron chi connectivity index (χ0n) is 25.4. The summed E-state index contributed by atoms with van der Waals surface area (Å²) in [7, 11) is 0. The Labute approximate surface area is 272 Å². The smallest absolute Gasteiger partial charge is 0.246 e. The predicted octanol–water partition coefficient (Wildman–Crippen LogP) is -0.430. The fraction of sp³-hybridized carbons (Fsp3) is 0.484. The van der Waals surface area contributed by atoms with Gasteiger partial charge in [0.15, 0.2) is 0 Å². The molecule has 3 saturated heterocycles. The van der Waals surface area contributed by atoms with Crippen molar-refractivity contribution >= 4 is 11.4 Å². The number of anilines is 2. The zero-order valence-corrected chi connectivity index (χ0v) is 27.6. The molecule has 0 bridgehead atoms. The van der Waals surface area contributed by atoms with Crippen molar-refractivity contribution in [1.82, 2.24) is 27.6 Å². The van der Waals surface area contributed by atoms with Crippen molar-refractivity contribution in [3.63, 3.8) is 0 Å². The second-order valence-electron chi connectivity index (χ2n) is 11.5. The minimum atomic E-state index is -0.771. The summed E-state index contributed by atoms with van der Waals surface area (Å²) in [5.41, 5.74) is 3.05. The van der Waals surface area contributed by atoms with Crippen LogP contribution in [0.4, 0.5) is 11.4 Å². The molecule has 0 N–H and O–H groups in total. The SMILES string of the molecule is CCC(C)n1ncn(-c2ccc(N3CCN(c4ccc(OC[C@@H]5CO[C@@]([I-]n6nccn6)(C6COC6)O5)cc4)CC3)cc2)c1=O. The molecule has 0 amide bonds. The predicted molar refractivity (Wildman–Crippen MR) is 162 cm³/mol. The molecule has 2 aromatic heterocycles. The first-order valence-corrected chi connectivity index (χ1v) is 17.5. The van der Waals surface area contributed by atoms with E-state index in [2.05, 4.69) is 56.3 Å². The van der Waals surface area contributed by atoms with Crippen LogP contribution >= 0.6 is 0 Å². The fourth-order valence-corrected chi connectivity index (χ4v) is 8.34. The molecule has 4 aromatic rings. The number of nitrogens with zero attached hydrogens (tertiary/aromatic N) is 8. The van der Waals surface area contributed by atoms with E-state index in [1.54, 1.807) is 31.0 Å². The Morgan fingerprint density at radius 1 is 0.911 bits per heavy atom. The molecule has 3 atom stereocenters. The Bertz CT molecular complexity index is 1600. The number of rotatable bonds is 11. The average Bonchev–Trinajstić information content (AvgIpc) is 3.80. The third-order valence-corrected chi connectivity index (χ3v) is 11.7. The van der Waals surface area contributed by atoms with Crippen LogP contribution in [0, 0.1) is 5.92 Å². The standard InChI is InChI=1S/C31H38IN8O5/c1-3-23(2)39-30(41)38(22-35-39)27-6-4-25(5-7-27)36-14-16-37(17-15-36)26-8-10-28(11-9-26)43-20-29-21-44-31(45-29,24-18-42-19-24)32-40-33-12-13-34-40/h4-13,22-24,29H,3,14-21H2,1-2H3/q-1/t23?,29-,31+/m1/s1. The van der Waals surface area contributed by atoms with Crippen molar-refractivity contribution < 1.29 is 40.4 Å². The summed E-state index contributed by atoms with van der Waals surface area (Å²) in [6.45, 7) is 9.86. The zero-order chi connectivity index (χ0) is 30.8. The molecule has 240 valence electrons. The van der Waals surface area contributed by atoms with E-state index in [9.17, 15) is 4.79 Å². The van der Waals surface area contributed by atoms with Gasteiger partial charge in [0.1, 0.15) is 6.33 Å². The van der Waals surface area contributed by atoms with Crippen molar-refractivity contribution in [3.05, 3.63) is 77.7 Å². The summed E-state index contributed by atoms with van der Waals surface area (Å²) >= 11 is -0.771. The van der Waals surface area contributed by atoms with Crippen LogP contribution in [-0.4, -0.2) is 90.1 Å². The van der Waals surface area contributed by atoms with E-state index in [-0.39, 0.29) is 23.8 Å². The molecule has 3 fully saturated rings. The second-order valence-corrected chi connectivity index (χ2v) is 14.4. The quantitative estimate of drug-likeness (QED) is 0.149. The van der Waals surface area contributed by atoms with Gasteiger partial charge in [0.05, 0.1) is 11.7 Å². The Morgan fingerprint density at radius 3 is 2.13 bits per heavy atom. The van der Waals surface area contributed by atoms with Crippen molar-refractivity contribution in [1.29, 1.82) is 0 Å². The molecule has 0 spiro atoms. The Kier molecular flexibility index (Phi) is 8.79. The molecular weight excluding hydrogens is 691 g/mol. The topological polar surface area (TPSA) is 114 Å². The molecule has 3 aliphatic heterocycles. The van der Waals surface area contributed by atoms with Gasteiger partial charge in [-0.05, 0) is 37.6 Å². The third kappa shape index (κ3) is 6.33. The number of piperazine rings is 1. The van der Waals surface area contributed by atoms with Crippen LogP contribution in [0.25, 0.3) is 5.69 Å². The minimum Gasteiger partial charge on any atom is -0.246 e. The van der Waals surface area contributed by atoms with E-state index in [0.717, 1.165) is 49.7 Å². The number of hydrogen-bond acceptors (Lipinski definition) is 10. The molecule has 45 heavy (non-hydrogen) atoms. The maximum absolute atomic E-state index is 12.8. The molecule has 0 saturated carbocycles. The first-order chi connectivity index (χ1) is 22.0. The molecule has 14 heteroatoms. The second kappa shape index (κ2) is 13.1. The van der Waals surface area contributed by atoms with Crippen molar-refractivity contribution in [2.24, 2.45) is 5.92 Å². The molecule has 2 aromatic carbocycles. The number of benzene rings is 2. The number of hydrogen-bond donors (Lipinski definition) is 0. The van der Waals surface area contributed by atoms with E-state index in [4.69, 9.17) is 18.9 Å². The average molecular weight is 730 g/mol. The minimum absolute atomic E-state index is 0.0752. The van der Waals surface area contributed by atoms with Crippen LogP contribution in [0.2, 0.25) is 0 Å². The summed E-state index contributed by atoms with van der Waals surface area (Å²) in [6.07, 6.45) is 5.66. The van der Waals surface area contributed by atoms with E-state index in [0.29, 0.717) is 26.4 Å². The van der Waals surface area contributed by atoms with Gasteiger partial charge in [-0.2, -0.15) is 5.10 Å². The summed E-state index contributed by atoms with van der Waals surface area (Å²) in [5.74, 6) is 1.000. The molecule has 1 unspecified atom stereocenters. The van der Waals surface area contributed by atoms with Crippen molar-refractivity contribution in [2.75, 3.05) is 62.4 Å². The number of alkyl halides is 1. The van der Waals surface area contributed by atoms with E-state index in [1.807, 2.05) is 31.2 Å². The van der Waals surface area contributed by atoms with Gasteiger partial charge in [-0.3, -0.25) is 0 Å². The van der Waals surface area contributed by atoms with Gasteiger partial charge in [0.25, 0.3) is 0 Å². The van der Waals surface area contributed by atoms with Crippen LogP contribution in [-0.2, 0) is 14.2 Å². The van der Waals surface area contributed by atoms with Gasteiger partial charge in [0.2, 0.25) is 0 Å². The van der Waals surface area contributed by atoms with E-state index >= 15 is 0 Å². The maximum atomic E-state index is 12.8. The summed E-state index contributed by atoms with van der Waals surface area (Å²) < 4.78 is 28.4. The molecule has 0 radical (unpaired) electrons. The van der Waals surface area contributed by atoms with Gasteiger partial charge < -0.3 is 4.90 Å². The molecule has 13 nitrogen and oxygen atoms in total. The normalized spacial score (nSPS) is 22.9. The Balaban J connectivity index is 0.897. The van der Waals surface area contributed by atoms with Crippen LogP contribution in [0.1, 0.15) is 26.3 Å². The molecule has 5 heterocycles. The summed E-state index contributed by atoms with van der Waals surface area (Å²) in [5, 5.41) is 12.9. The van der Waals surface area contributed by atoms with Crippen molar-refractivity contribution in [2.45, 2.75) is 36.2 Å². The molecule has 0 aliphatic carbocycles. The first kappa shape index (κ1) is 30.2. The van der Waals surface area contributed by atoms with Crippen LogP contribution in [0.3, 0.4) is 0 Å². The third-order valence-electron chi connectivity index (χ3n) is 8.62. The molecule has 3 aliphatic rings. The van der Waals surface area contributed by atoms with Crippen LogP contribution in [0.15, 0.2) is 72.0 Å². The summed E-state index contributed by atoms with van der Waals surface area (Å²) in [4.78, 5) is 17.6. The molecule has 7 rings (SSSR count). The van der Waals surface area contributed by atoms with Gasteiger partial charge in [-0.25, -0.2) is 14.0 Å². The summed E-state index contributed by atoms with van der Waals surface area (Å²) in [6, 6.07) is 16.5. The molecular formula is C31H38IN8O5-. The van der Waals surface area contributed by atoms with Crippen LogP contribution in [0.5, 0.6) is 5.75 Å². The number of ether oxygens (including phenoxy) is 4. The Hall–Kier alpha value is -3.47. The monoisotopic (exact) mass is 729 g/mol.